The summed E-state index contributed by atoms with van der Waals surface area (Å²) in [6.07, 6.45) is 3.60. The normalized spacial score (nSPS) is 13.2. The molecular weight excluding hydrogens is 362 g/mol. The first-order valence-electron chi connectivity index (χ1n) is 9.10. The van der Waals surface area contributed by atoms with Gasteiger partial charge in [-0.3, -0.25) is 10.1 Å². The minimum absolute atomic E-state index is 0.0177. The maximum atomic E-state index is 12.5. The molecule has 0 unspecified atom stereocenters. The van der Waals surface area contributed by atoms with Crippen molar-refractivity contribution in [2.45, 2.75) is 32.3 Å². The number of nitro groups is 1. The molecular formula is C21H19NO6. The highest BCUT2D eigenvalue weighted by molar-refractivity contribution is 5.89. The van der Waals surface area contributed by atoms with Crippen molar-refractivity contribution in [2.24, 2.45) is 0 Å². The molecule has 0 bridgehead atoms. The summed E-state index contributed by atoms with van der Waals surface area (Å²) in [5.74, 6) is 0.831. The van der Waals surface area contributed by atoms with Gasteiger partial charge in [0.05, 0.1) is 12.0 Å². The second kappa shape index (κ2) is 7.34. The van der Waals surface area contributed by atoms with Crippen LogP contribution < -0.4 is 15.1 Å². The van der Waals surface area contributed by atoms with Crippen LogP contribution in [0.3, 0.4) is 0 Å². The van der Waals surface area contributed by atoms with Crippen molar-refractivity contribution >= 4 is 16.7 Å². The predicted octanol–water partition coefficient (Wildman–Crippen LogP) is 4.17. The molecule has 0 saturated heterocycles. The third kappa shape index (κ3) is 3.19. The van der Waals surface area contributed by atoms with Crippen molar-refractivity contribution in [2.75, 3.05) is 7.11 Å². The van der Waals surface area contributed by atoms with Crippen LogP contribution >= 0.6 is 0 Å². The van der Waals surface area contributed by atoms with Gasteiger partial charge in [-0.05, 0) is 61.1 Å². The van der Waals surface area contributed by atoms with Gasteiger partial charge in [0.1, 0.15) is 6.61 Å². The molecule has 1 aliphatic rings. The molecule has 7 heteroatoms. The fourth-order valence-corrected chi connectivity index (χ4v) is 3.63. The van der Waals surface area contributed by atoms with E-state index in [0.29, 0.717) is 17.1 Å². The van der Waals surface area contributed by atoms with Crippen molar-refractivity contribution in [1.29, 1.82) is 0 Å². The van der Waals surface area contributed by atoms with Gasteiger partial charge in [0.15, 0.2) is 11.3 Å². The molecule has 0 fully saturated rings. The maximum Gasteiger partial charge on any atom is 0.339 e. The SMILES string of the molecule is COc1ccc2c3c(c(=O)oc2c1OCc1ccc([N+](=O)[O-])cc1)CCCC3. The van der Waals surface area contributed by atoms with E-state index in [4.69, 9.17) is 13.9 Å². The van der Waals surface area contributed by atoms with E-state index in [0.717, 1.165) is 47.8 Å². The van der Waals surface area contributed by atoms with Crippen molar-refractivity contribution in [3.63, 3.8) is 0 Å². The average Bonchev–Trinajstić information content (AvgIpc) is 2.72. The Labute approximate surface area is 160 Å². The third-order valence-corrected chi connectivity index (χ3v) is 5.06. The van der Waals surface area contributed by atoms with Crippen LogP contribution in [0.4, 0.5) is 5.69 Å². The van der Waals surface area contributed by atoms with E-state index in [-0.39, 0.29) is 17.9 Å². The Morgan fingerprint density at radius 3 is 2.46 bits per heavy atom. The molecule has 4 rings (SSSR count). The van der Waals surface area contributed by atoms with Crippen molar-refractivity contribution in [3.05, 3.63) is 73.6 Å². The molecule has 1 aliphatic carbocycles. The zero-order chi connectivity index (χ0) is 19.7. The lowest BCUT2D eigenvalue weighted by Crippen LogP contribution is -2.16. The number of benzene rings is 2. The monoisotopic (exact) mass is 381 g/mol. The summed E-state index contributed by atoms with van der Waals surface area (Å²) < 4.78 is 17.0. The molecule has 0 aliphatic heterocycles. The summed E-state index contributed by atoms with van der Waals surface area (Å²) in [7, 11) is 1.52. The zero-order valence-corrected chi connectivity index (χ0v) is 15.4. The van der Waals surface area contributed by atoms with E-state index in [9.17, 15) is 14.9 Å². The standard InChI is InChI=1S/C21H19NO6/c1-26-18-11-10-16-15-4-2-3-5-17(15)21(23)28-19(16)20(18)27-12-13-6-8-14(9-7-13)22(24)25/h6-11H,2-5,12H2,1H3. The van der Waals surface area contributed by atoms with Gasteiger partial charge in [0.2, 0.25) is 5.75 Å². The zero-order valence-electron chi connectivity index (χ0n) is 15.4. The number of non-ortho nitro benzene ring substituents is 1. The largest absolute Gasteiger partial charge is 0.493 e. The van der Waals surface area contributed by atoms with Crippen LogP contribution in [0.2, 0.25) is 0 Å². The van der Waals surface area contributed by atoms with Crippen molar-refractivity contribution < 1.29 is 18.8 Å². The molecule has 0 spiro atoms. The maximum absolute atomic E-state index is 12.5. The summed E-state index contributed by atoms with van der Waals surface area (Å²) in [6, 6.07) is 9.83. The van der Waals surface area contributed by atoms with Crippen LogP contribution in [0.5, 0.6) is 11.5 Å². The van der Waals surface area contributed by atoms with Gasteiger partial charge in [0, 0.05) is 23.1 Å². The average molecular weight is 381 g/mol. The van der Waals surface area contributed by atoms with Gasteiger partial charge < -0.3 is 13.9 Å². The Bertz CT molecular complexity index is 1100. The van der Waals surface area contributed by atoms with Crippen LogP contribution in [-0.4, -0.2) is 12.0 Å². The highest BCUT2D eigenvalue weighted by Crippen LogP contribution is 2.38. The summed E-state index contributed by atoms with van der Waals surface area (Å²) in [4.78, 5) is 22.8. The molecule has 28 heavy (non-hydrogen) atoms. The highest BCUT2D eigenvalue weighted by Gasteiger charge is 2.22. The molecule has 0 saturated carbocycles. The molecule has 0 N–H and O–H groups in total. The van der Waals surface area contributed by atoms with E-state index in [2.05, 4.69) is 0 Å². The Balaban J connectivity index is 1.73. The van der Waals surface area contributed by atoms with Crippen molar-refractivity contribution in [3.8, 4) is 11.5 Å². The number of hydrogen-bond acceptors (Lipinski definition) is 6. The highest BCUT2D eigenvalue weighted by atomic mass is 16.6. The number of aryl methyl sites for hydroxylation is 1. The molecule has 0 amide bonds. The summed E-state index contributed by atoms with van der Waals surface area (Å²) in [5, 5.41) is 11.7. The minimum atomic E-state index is -0.448. The second-order valence-electron chi connectivity index (χ2n) is 6.74. The van der Waals surface area contributed by atoms with Crippen molar-refractivity contribution in [1.82, 2.24) is 0 Å². The van der Waals surface area contributed by atoms with E-state index in [1.54, 1.807) is 12.1 Å². The lowest BCUT2D eigenvalue weighted by atomic mass is 9.90. The third-order valence-electron chi connectivity index (χ3n) is 5.06. The Kier molecular flexibility index (Phi) is 4.73. The first-order chi connectivity index (χ1) is 13.6. The number of nitro benzene ring substituents is 1. The Morgan fingerprint density at radius 2 is 1.79 bits per heavy atom. The van der Waals surface area contributed by atoms with Crippen LogP contribution in [0.1, 0.15) is 29.5 Å². The van der Waals surface area contributed by atoms with E-state index in [1.807, 2.05) is 12.1 Å². The van der Waals surface area contributed by atoms with Gasteiger partial charge in [-0.15, -0.1) is 0 Å². The van der Waals surface area contributed by atoms with E-state index >= 15 is 0 Å². The molecule has 144 valence electrons. The summed E-state index contributed by atoms with van der Waals surface area (Å²) in [6.45, 7) is 0.161. The minimum Gasteiger partial charge on any atom is -0.493 e. The van der Waals surface area contributed by atoms with Crippen LogP contribution in [0.15, 0.2) is 45.6 Å². The molecule has 0 radical (unpaired) electrons. The summed E-state index contributed by atoms with van der Waals surface area (Å²) >= 11 is 0. The Hall–Kier alpha value is -3.35. The number of nitrogens with zero attached hydrogens (tertiary/aromatic N) is 1. The van der Waals surface area contributed by atoms with Crippen LogP contribution in [-0.2, 0) is 19.4 Å². The quantitative estimate of drug-likeness (QED) is 0.374. The fourth-order valence-electron chi connectivity index (χ4n) is 3.63. The van der Waals surface area contributed by atoms with Crippen LogP contribution in [0, 0.1) is 10.1 Å². The molecule has 3 aromatic rings. The van der Waals surface area contributed by atoms with Gasteiger partial charge in [-0.1, -0.05) is 0 Å². The Morgan fingerprint density at radius 1 is 1.07 bits per heavy atom. The number of rotatable bonds is 5. The van der Waals surface area contributed by atoms with E-state index < -0.39 is 4.92 Å². The number of ether oxygens (including phenoxy) is 2. The lowest BCUT2D eigenvalue weighted by Gasteiger charge is -2.18. The van der Waals surface area contributed by atoms with Gasteiger partial charge >= 0.3 is 5.63 Å². The molecule has 1 heterocycles. The molecule has 0 atom stereocenters. The predicted molar refractivity (Wildman–Crippen MR) is 103 cm³/mol. The van der Waals surface area contributed by atoms with Gasteiger partial charge in [-0.2, -0.15) is 0 Å². The molecule has 2 aromatic carbocycles. The molecule has 1 aromatic heterocycles. The number of fused-ring (bicyclic) bond motifs is 3. The van der Waals surface area contributed by atoms with E-state index in [1.165, 1.54) is 19.2 Å². The lowest BCUT2D eigenvalue weighted by molar-refractivity contribution is -0.384. The molecule has 7 nitrogen and oxygen atoms in total. The first-order valence-corrected chi connectivity index (χ1v) is 9.10. The van der Waals surface area contributed by atoms with Gasteiger partial charge in [-0.25, -0.2) is 4.79 Å². The van der Waals surface area contributed by atoms with Crippen LogP contribution in [0.25, 0.3) is 11.0 Å². The topological polar surface area (TPSA) is 91.8 Å². The number of hydrogen-bond donors (Lipinski definition) is 0. The van der Waals surface area contributed by atoms with Gasteiger partial charge in [0.25, 0.3) is 5.69 Å². The fraction of sp³-hybridized carbons (Fsp3) is 0.286. The summed E-state index contributed by atoms with van der Waals surface area (Å²) in [5.41, 5.74) is 2.61. The second-order valence-corrected chi connectivity index (χ2v) is 6.74. The number of methoxy groups -OCH3 is 1. The smallest absolute Gasteiger partial charge is 0.339 e. The first kappa shape index (κ1) is 18.0.